The standard InChI is InChI=1S/C21H29N5O5S/c1-12(2)23-21(28)31-17-5-4-13(7-17)15-6-14-8-18(25-19(14)22-9-15)20(27)24-16-10-26(11-16)32(3,29)30/h6,8-9,12-13,16-17H,4-5,7,10-11H2,1-3H3,(H,22,25)(H,23,28)(H,24,27)/t13-,17+/m0/s1. The number of alkyl carbamates (subject to hydrolysis) is 1. The lowest BCUT2D eigenvalue weighted by Gasteiger charge is -2.37. The quantitative estimate of drug-likeness (QED) is 0.597. The molecule has 1 aliphatic heterocycles. The van der Waals surface area contributed by atoms with Gasteiger partial charge in [0.2, 0.25) is 10.0 Å². The van der Waals surface area contributed by atoms with Crippen molar-refractivity contribution in [2.75, 3.05) is 19.3 Å². The first-order valence-corrected chi connectivity index (χ1v) is 12.6. The number of amides is 2. The average Bonchev–Trinajstić information content (AvgIpc) is 3.28. The van der Waals surface area contributed by atoms with E-state index < -0.39 is 10.0 Å². The third-order valence-corrected chi connectivity index (χ3v) is 7.16. The van der Waals surface area contributed by atoms with E-state index in [9.17, 15) is 18.0 Å². The number of nitrogens with one attached hydrogen (secondary N) is 3. The molecule has 2 aromatic rings. The van der Waals surface area contributed by atoms with Crippen molar-refractivity contribution < 1.29 is 22.7 Å². The Hall–Kier alpha value is -2.66. The van der Waals surface area contributed by atoms with Gasteiger partial charge >= 0.3 is 6.09 Å². The third-order valence-electron chi connectivity index (χ3n) is 5.92. The van der Waals surface area contributed by atoms with Crippen molar-refractivity contribution >= 4 is 33.1 Å². The topological polar surface area (TPSA) is 133 Å². The molecule has 10 nitrogen and oxygen atoms in total. The Morgan fingerprint density at radius 1 is 1.25 bits per heavy atom. The highest BCUT2D eigenvalue weighted by Crippen LogP contribution is 2.36. The Kier molecular flexibility index (Phi) is 6.13. The number of aromatic amines is 1. The van der Waals surface area contributed by atoms with Gasteiger partial charge in [0.1, 0.15) is 17.4 Å². The SMILES string of the molecule is CC(C)NC(=O)O[C@@H]1CC[C@H](c2cnc3[nH]c(C(=O)NC4CN(S(C)(=O)=O)C4)cc3c2)C1. The fraction of sp³-hybridized carbons (Fsp3) is 0.571. The molecule has 3 heterocycles. The number of carbonyl (C=O) groups is 2. The largest absolute Gasteiger partial charge is 0.446 e. The summed E-state index contributed by atoms with van der Waals surface area (Å²) in [4.78, 5) is 31.9. The monoisotopic (exact) mass is 463 g/mol. The molecule has 0 bridgehead atoms. The minimum Gasteiger partial charge on any atom is -0.446 e. The van der Waals surface area contributed by atoms with Crippen molar-refractivity contribution in [2.24, 2.45) is 0 Å². The number of nitrogens with zero attached hydrogens (tertiary/aromatic N) is 2. The normalized spacial score (nSPS) is 22.1. The van der Waals surface area contributed by atoms with Gasteiger partial charge < -0.3 is 20.4 Å². The maximum absolute atomic E-state index is 12.5. The maximum atomic E-state index is 12.5. The molecule has 0 radical (unpaired) electrons. The molecule has 2 amide bonds. The summed E-state index contributed by atoms with van der Waals surface area (Å²) < 4.78 is 29.7. The van der Waals surface area contributed by atoms with E-state index in [0.717, 1.165) is 36.5 Å². The van der Waals surface area contributed by atoms with E-state index in [1.165, 1.54) is 4.31 Å². The van der Waals surface area contributed by atoms with Gasteiger partial charge in [0, 0.05) is 30.7 Å². The Labute approximate surface area is 187 Å². The van der Waals surface area contributed by atoms with Crippen molar-refractivity contribution in [1.82, 2.24) is 24.9 Å². The highest BCUT2D eigenvalue weighted by Gasteiger charge is 2.34. The van der Waals surface area contributed by atoms with Crippen molar-refractivity contribution in [1.29, 1.82) is 0 Å². The second-order valence-electron chi connectivity index (χ2n) is 8.98. The zero-order valence-corrected chi connectivity index (χ0v) is 19.2. The van der Waals surface area contributed by atoms with Gasteiger partial charge in [-0.2, -0.15) is 4.31 Å². The summed E-state index contributed by atoms with van der Waals surface area (Å²) in [5.41, 5.74) is 2.06. The molecule has 4 rings (SSSR count). The predicted molar refractivity (Wildman–Crippen MR) is 119 cm³/mol. The van der Waals surface area contributed by atoms with Crippen LogP contribution >= 0.6 is 0 Å². The van der Waals surface area contributed by atoms with Crippen LogP contribution in [0.1, 0.15) is 55.1 Å². The molecule has 1 saturated carbocycles. The van der Waals surface area contributed by atoms with Crippen LogP contribution in [0, 0.1) is 0 Å². The van der Waals surface area contributed by atoms with Gasteiger partial charge in [-0.3, -0.25) is 4.79 Å². The first-order chi connectivity index (χ1) is 15.1. The minimum atomic E-state index is -3.22. The summed E-state index contributed by atoms with van der Waals surface area (Å²) in [6.07, 6.45) is 4.92. The Bertz CT molecular complexity index is 1120. The van der Waals surface area contributed by atoms with Crippen LogP contribution in [0.25, 0.3) is 11.0 Å². The van der Waals surface area contributed by atoms with Gasteiger partial charge in [-0.05, 0) is 56.7 Å². The highest BCUT2D eigenvalue weighted by molar-refractivity contribution is 7.88. The first kappa shape index (κ1) is 22.5. The number of hydrogen-bond acceptors (Lipinski definition) is 6. The first-order valence-electron chi connectivity index (χ1n) is 10.8. The summed E-state index contributed by atoms with van der Waals surface area (Å²) in [5, 5.41) is 6.42. The van der Waals surface area contributed by atoms with Gasteiger partial charge in [0.05, 0.1) is 12.3 Å². The molecule has 0 aromatic carbocycles. The summed E-state index contributed by atoms with van der Waals surface area (Å²) in [6, 6.07) is 3.61. The molecular formula is C21H29N5O5S. The predicted octanol–water partition coefficient (Wildman–Crippen LogP) is 1.71. The van der Waals surface area contributed by atoms with Gasteiger partial charge in [0.15, 0.2) is 0 Å². The van der Waals surface area contributed by atoms with Crippen LogP contribution in [0.15, 0.2) is 18.3 Å². The number of pyridine rings is 1. The number of fused-ring (bicyclic) bond motifs is 1. The lowest BCUT2D eigenvalue weighted by atomic mass is 9.99. The van der Waals surface area contributed by atoms with E-state index in [1.807, 2.05) is 19.9 Å². The molecule has 32 heavy (non-hydrogen) atoms. The molecule has 2 aromatic heterocycles. The summed E-state index contributed by atoms with van der Waals surface area (Å²) in [7, 11) is -3.22. The van der Waals surface area contributed by atoms with Crippen LogP contribution in [0.4, 0.5) is 4.79 Å². The van der Waals surface area contributed by atoms with Gasteiger partial charge in [0.25, 0.3) is 5.91 Å². The van der Waals surface area contributed by atoms with Gasteiger partial charge in [-0.25, -0.2) is 18.2 Å². The Balaban J connectivity index is 1.36. The lowest BCUT2D eigenvalue weighted by molar-refractivity contribution is 0.0891. The van der Waals surface area contributed by atoms with Crippen molar-refractivity contribution in [3.8, 4) is 0 Å². The number of aromatic nitrogens is 2. The van der Waals surface area contributed by atoms with Crippen molar-refractivity contribution in [3.63, 3.8) is 0 Å². The number of H-pyrrole nitrogens is 1. The van der Waals surface area contributed by atoms with Crippen LogP contribution in [0.2, 0.25) is 0 Å². The van der Waals surface area contributed by atoms with Crippen molar-refractivity contribution in [2.45, 2.75) is 57.2 Å². The Morgan fingerprint density at radius 2 is 2.00 bits per heavy atom. The van der Waals surface area contributed by atoms with E-state index in [2.05, 4.69) is 20.6 Å². The minimum absolute atomic E-state index is 0.0363. The second-order valence-corrected chi connectivity index (χ2v) is 11.0. The zero-order valence-electron chi connectivity index (χ0n) is 18.4. The number of hydrogen-bond donors (Lipinski definition) is 3. The van der Waals surface area contributed by atoms with Crippen LogP contribution < -0.4 is 10.6 Å². The summed E-state index contributed by atoms with van der Waals surface area (Å²) in [5.74, 6) is -0.0407. The lowest BCUT2D eigenvalue weighted by Crippen LogP contribution is -2.60. The average molecular weight is 464 g/mol. The number of sulfonamides is 1. The van der Waals surface area contributed by atoms with Crippen LogP contribution in [-0.2, 0) is 14.8 Å². The maximum Gasteiger partial charge on any atom is 0.407 e. The number of carbonyl (C=O) groups excluding carboxylic acids is 2. The molecule has 0 spiro atoms. The Morgan fingerprint density at radius 3 is 2.69 bits per heavy atom. The molecule has 2 atom stereocenters. The van der Waals surface area contributed by atoms with Crippen LogP contribution in [0.5, 0.6) is 0 Å². The van der Waals surface area contributed by atoms with E-state index >= 15 is 0 Å². The molecular weight excluding hydrogens is 434 g/mol. The van der Waals surface area contributed by atoms with Crippen molar-refractivity contribution in [3.05, 3.63) is 29.6 Å². The molecule has 3 N–H and O–H groups in total. The van der Waals surface area contributed by atoms with E-state index in [-0.39, 0.29) is 49.2 Å². The number of rotatable bonds is 6. The second kappa shape index (κ2) is 8.70. The highest BCUT2D eigenvalue weighted by atomic mass is 32.2. The fourth-order valence-corrected chi connectivity index (χ4v) is 5.11. The van der Waals surface area contributed by atoms with E-state index in [0.29, 0.717) is 11.3 Å². The van der Waals surface area contributed by atoms with Gasteiger partial charge in [-0.1, -0.05) is 0 Å². The zero-order chi connectivity index (χ0) is 23.0. The smallest absolute Gasteiger partial charge is 0.407 e. The molecule has 2 aliphatic rings. The number of ether oxygens (including phenoxy) is 1. The summed E-state index contributed by atoms with van der Waals surface area (Å²) >= 11 is 0. The van der Waals surface area contributed by atoms with Crippen LogP contribution in [0.3, 0.4) is 0 Å². The van der Waals surface area contributed by atoms with Crippen LogP contribution in [-0.4, -0.2) is 72.2 Å². The molecule has 174 valence electrons. The van der Waals surface area contributed by atoms with E-state index in [4.69, 9.17) is 4.74 Å². The van der Waals surface area contributed by atoms with E-state index in [1.54, 1.807) is 12.3 Å². The fourth-order valence-electron chi connectivity index (χ4n) is 4.21. The molecule has 1 aliphatic carbocycles. The van der Waals surface area contributed by atoms with Gasteiger partial charge in [-0.15, -0.1) is 0 Å². The third kappa shape index (κ3) is 5.04. The molecule has 1 saturated heterocycles. The summed E-state index contributed by atoms with van der Waals surface area (Å²) in [6.45, 7) is 4.35. The molecule has 2 fully saturated rings. The molecule has 0 unspecified atom stereocenters. The molecule has 11 heteroatoms.